The Labute approximate surface area is 76.4 Å². The van der Waals surface area contributed by atoms with E-state index >= 15 is 0 Å². The van der Waals surface area contributed by atoms with E-state index in [1.165, 1.54) is 6.07 Å². The van der Waals surface area contributed by atoms with Crippen LogP contribution in [0.1, 0.15) is 5.56 Å². The second kappa shape index (κ2) is 3.05. The Bertz CT molecular complexity index is 404. The summed E-state index contributed by atoms with van der Waals surface area (Å²) >= 11 is 0. The Balaban J connectivity index is 2.49. The minimum Gasteiger partial charge on any atom is -0.324 e. The first-order chi connectivity index (χ1) is 6.27. The molecule has 0 radical (unpaired) electrons. The zero-order valence-corrected chi connectivity index (χ0v) is 7.37. The van der Waals surface area contributed by atoms with Crippen molar-refractivity contribution in [1.29, 1.82) is 0 Å². The van der Waals surface area contributed by atoms with Gasteiger partial charge < -0.3 is 4.57 Å². The first-order valence-electron chi connectivity index (χ1n) is 4.17. The van der Waals surface area contributed by atoms with Gasteiger partial charge in [0.15, 0.2) is 0 Å². The van der Waals surface area contributed by atoms with E-state index in [-0.39, 0.29) is 5.82 Å². The Morgan fingerprint density at radius 2 is 1.85 bits per heavy atom. The third-order valence-corrected chi connectivity index (χ3v) is 2.06. The summed E-state index contributed by atoms with van der Waals surface area (Å²) in [5, 5.41) is 0. The fourth-order valence-corrected chi connectivity index (χ4v) is 1.25. The molecule has 66 valence electrons. The van der Waals surface area contributed by atoms with Crippen molar-refractivity contribution >= 4 is 0 Å². The third kappa shape index (κ3) is 1.47. The number of hydrogen-bond donors (Lipinski definition) is 0. The molecule has 0 fully saturated rings. The Kier molecular flexibility index (Phi) is 1.89. The molecule has 2 heteroatoms. The maximum Gasteiger partial charge on any atom is 0.128 e. The Morgan fingerprint density at radius 3 is 2.46 bits per heavy atom. The Morgan fingerprint density at radius 1 is 1.15 bits per heavy atom. The predicted molar refractivity (Wildman–Crippen MR) is 50.5 cm³/mol. The smallest absolute Gasteiger partial charge is 0.128 e. The molecule has 0 aliphatic heterocycles. The van der Waals surface area contributed by atoms with Gasteiger partial charge in [-0.3, -0.25) is 0 Å². The van der Waals surface area contributed by atoms with Crippen LogP contribution in [0.4, 0.5) is 4.39 Å². The maximum atomic E-state index is 13.2. The number of rotatable bonds is 1. The van der Waals surface area contributed by atoms with Crippen molar-refractivity contribution in [2.45, 2.75) is 6.92 Å². The summed E-state index contributed by atoms with van der Waals surface area (Å²) < 4.78 is 15.0. The molecule has 2 aromatic rings. The van der Waals surface area contributed by atoms with Gasteiger partial charge in [-0.05, 0) is 36.8 Å². The van der Waals surface area contributed by atoms with E-state index < -0.39 is 0 Å². The van der Waals surface area contributed by atoms with Crippen molar-refractivity contribution in [1.82, 2.24) is 4.57 Å². The van der Waals surface area contributed by atoms with Gasteiger partial charge in [-0.1, -0.05) is 6.07 Å². The number of aromatic nitrogens is 1. The molecule has 0 atom stereocenters. The van der Waals surface area contributed by atoms with Crippen LogP contribution in [0.25, 0.3) is 5.69 Å². The van der Waals surface area contributed by atoms with Crippen LogP contribution in [0.3, 0.4) is 0 Å². The van der Waals surface area contributed by atoms with E-state index in [9.17, 15) is 4.39 Å². The van der Waals surface area contributed by atoms with Crippen LogP contribution < -0.4 is 0 Å². The highest BCUT2D eigenvalue weighted by molar-refractivity contribution is 5.35. The average Bonchev–Trinajstić information content (AvgIpc) is 2.62. The fraction of sp³-hybridized carbons (Fsp3) is 0.0909. The van der Waals surface area contributed by atoms with Gasteiger partial charge in [0.2, 0.25) is 0 Å². The van der Waals surface area contributed by atoms with Gasteiger partial charge in [0.1, 0.15) is 5.82 Å². The van der Waals surface area contributed by atoms with Gasteiger partial charge in [-0.15, -0.1) is 0 Å². The van der Waals surface area contributed by atoms with E-state index in [1.807, 2.05) is 35.2 Å². The number of aryl methyl sites for hydroxylation is 1. The van der Waals surface area contributed by atoms with Crippen molar-refractivity contribution in [3.8, 4) is 5.69 Å². The molecular weight excluding hydrogens is 165 g/mol. The van der Waals surface area contributed by atoms with Crippen LogP contribution in [-0.4, -0.2) is 4.57 Å². The minimum atomic E-state index is -0.161. The van der Waals surface area contributed by atoms with E-state index in [0.29, 0.717) is 5.56 Å². The molecule has 0 bridgehead atoms. The zero-order valence-electron chi connectivity index (χ0n) is 7.37. The molecule has 0 saturated carbocycles. The largest absolute Gasteiger partial charge is 0.324 e. The molecule has 0 spiro atoms. The monoisotopic (exact) mass is 175 g/mol. The van der Waals surface area contributed by atoms with E-state index in [0.717, 1.165) is 5.69 Å². The maximum absolute atomic E-state index is 13.2. The van der Waals surface area contributed by atoms with Crippen LogP contribution in [0.5, 0.6) is 0 Å². The molecule has 1 aromatic heterocycles. The topological polar surface area (TPSA) is 4.93 Å². The summed E-state index contributed by atoms with van der Waals surface area (Å²) in [4.78, 5) is 0. The van der Waals surface area contributed by atoms with Gasteiger partial charge in [0, 0.05) is 18.1 Å². The summed E-state index contributed by atoms with van der Waals surface area (Å²) in [5.74, 6) is -0.161. The number of benzene rings is 1. The number of nitrogens with zero attached hydrogens (tertiary/aromatic N) is 1. The molecule has 13 heavy (non-hydrogen) atoms. The lowest BCUT2D eigenvalue weighted by atomic mass is 10.2. The molecule has 0 aliphatic rings. The molecule has 1 aromatic carbocycles. The molecule has 0 amide bonds. The molecular formula is C11H10FN. The van der Waals surface area contributed by atoms with Crippen LogP contribution in [0, 0.1) is 12.7 Å². The lowest BCUT2D eigenvalue weighted by Gasteiger charge is -2.03. The van der Waals surface area contributed by atoms with Gasteiger partial charge >= 0.3 is 0 Å². The predicted octanol–water partition coefficient (Wildman–Crippen LogP) is 2.92. The van der Waals surface area contributed by atoms with Crippen molar-refractivity contribution in [2.24, 2.45) is 0 Å². The molecule has 1 nitrogen and oxygen atoms in total. The lowest BCUT2D eigenvalue weighted by Crippen LogP contribution is -1.91. The number of halogens is 1. The summed E-state index contributed by atoms with van der Waals surface area (Å²) in [7, 11) is 0. The van der Waals surface area contributed by atoms with Crippen LogP contribution >= 0.6 is 0 Å². The van der Waals surface area contributed by atoms with Crippen molar-refractivity contribution < 1.29 is 4.39 Å². The highest BCUT2D eigenvalue weighted by Crippen LogP contribution is 2.13. The van der Waals surface area contributed by atoms with Crippen molar-refractivity contribution in [3.63, 3.8) is 0 Å². The normalized spacial score (nSPS) is 10.3. The molecule has 0 aliphatic carbocycles. The van der Waals surface area contributed by atoms with Crippen molar-refractivity contribution in [3.05, 3.63) is 54.1 Å². The van der Waals surface area contributed by atoms with Gasteiger partial charge in [-0.2, -0.15) is 0 Å². The molecule has 0 unspecified atom stereocenters. The second-order valence-electron chi connectivity index (χ2n) is 3.02. The standard InChI is InChI=1S/C11H10FN/c1-9-4-5-10(8-11(9)12)13-6-2-3-7-13/h2-8H,1H3. The van der Waals surface area contributed by atoms with Crippen LogP contribution in [0.15, 0.2) is 42.7 Å². The zero-order chi connectivity index (χ0) is 9.26. The highest BCUT2D eigenvalue weighted by Gasteiger charge is 1.99. The molecule has 0 N–H and O–H groups in total. The summed E-state index contributed by atoms with van der Waals surface area (Å²) in [5.41, 5.74) is 1.53. The molecule has 0 saturated heterocycles. The quantitative estimate of drug-likeness (QED) is 0.628. The average molecular weight is 175 g/mol. The summed E-state index contributed by atoms with van der Waals surface area (Å²) in [6.45, 7) is 1.76. The first-order valence-corrected chi connectivity index (χ1v) is 4.17. The van der Waals surface area contributed by atoms with E-state index in [1.54, 1.807) is 13.0 Å². The minimum absolute atomic E-state index is 0.161. The first kappa shape index (κ1) is 8.05. The Hall–Kier alpha value is -1.57. The molecule has 1 heterocycles. The third-order valence-electron chi connectivity index (χ3n) is 2.06. The number of hydrogen-bond acceptors (Lipinski definition) is 0. The SMILES string of the molecule is Cc1ccc(-n2cccc2)cc1F. The summed E-state index contributed by atoms with van der Waals surface area (Å²) in [6, 6.07) is 9.05. The van der Waals surface area contributed by atoms with Gasteiger partial charge in [-0.25, -0.2) is 4.39 Å². The highest BCUT2D eigenvalue weighted by atomic mass is 19.1. The second-order valence-corrected chi connectivity index (χ2v) is 3.02. The van der Waals surface area contributed by atoms with E-state index in [4.69, 9.17) is 0 Å². The van der Waals surface area contributed by atoms with Crippen LogP contribution in [0.2, 0.25) is 0 Å². The van der Waals surface area contributed by atoms with Gasteiger partial charge in [0.05, 0.1) is 0 Å². The van der Waals surface area contributed by atoms with Crippen molar-refractivity contribution in [2.75, 3.05) is 0 Å². The fourth-order valence-electron chi connectivity index (χ4n) is 1.25. The van der Waals surface area contributed by atoms with Gasteiger partial charge in [0.25, 0.3) is 0 Å². The molecule has 2 rings (SSSR count). The lowest BCUT2D eigenvalue weighted by molar-refractivity contribution is 0.617. The van der Waals surface area contributed by atoms with Crippen LogP contribution in [-0.2, 0) is 0 Å². The van der Waals surface area contributed by atoms with E-state index in [2.05, 4.69) is 0 Å². The summed E-state index contributed by atoms with van der Waals surface area (Å²) in [6.07, 6.45) is 3.79.